The van der Waals surface area contributed by atoms with E-state index < -0.39 is 22.6 Å². The van der Waals surface area contributed by atoms with Crippen LogP contribution in [0, 0.1) is 6.92 Å². The predicted octanol–water partition coefficient (Wildman–Crippen LogP) is 2.53. The molecule has 1 aromatic heterocycles. The van der Waals surface area contributed by atoms with Crippen molar-refractivity contribution in [3.05, 3.63) is 29.5 Å². The van der Waals surface area contributed by atoms with Crippen molar-refractivity contribution in [2.24, 2.45) is 0 Å². The van der Waals surface area contributed by atoms with E-state index in [1.165, 1.54) is 12.1 Å². The summed E-state index contributed by atoms with van der Waals surface area (Å²) in [4.78, 5) is 3.18. The van der Waals surface area contributed by atoms with E-state index in [1.807, 2.05) is 0 Å². The Morgan fingerprint density at radius 2 is 1.95 bits per heavy atom. The van der Waals surface area contributed by atoms with Gasteiger partial charge in [0.1, 0.15) is 0 Å². The van der Waals surface area contributed by atoms with Gasteiger partial charge in [-0.3, -0.25) is 0 Å². The second kappa shape index (κ2) is 5.34. The quantitative estimate of drug-likeness (QED) is 0.910. The van der Waals surface area contributed by atoms with Crippen LogP contribution in [0.2, 0.25) is 0 Å². The summed E-state index contributed by atoms with van der Waals surface area (Å²) < 4.78 is 59.6. The van der Waals surface area contributed by atoms with Crippen LogP contribution in [-0.4, -0.2) is 32.4 Å². The van der Waals surface area contributed by atoms with E-state index in [9.17, 15) is 21.6 Å². The molecule has 0 aliphatic heterocycles. The molecule has 0 radical (unpaired) electrons. The minimum atomic E-state index is -4.28. The van der Waals surface area contributed by atoms with Crippen molar-refractivity contribution >= 4 is 20.7 Å². The Labute approximate surface area is 120 Å². The molecule has 116 valence electrons. The molecule has 4 nitrogen and oxygen atoms in total. The number of fused-ring (bicyclic) bond motifs is 1. The van der Waals surface area contributed by atoms with Gasteiger partial charge in [-0.2, -0.15) is 13.2 Å². The van der Waals surface area contributed by atoms with Crippen LogP contribution in [0.3, 0.4) is 0 Å². The van der Waals surface area contributed by atoms with Gasteiger partial charge in [0.05, 0.1) is 11.4 Å². The number of hydrogen-bond acceptors (Lipinski definition) is 3. The topological polar surface area (TPSA) is 62.0 Å². The lowest BCUT2D eigenvalue weighted by Gasteiger charge is -2.08. The maximum Gasteiger partial charge on any atom is 0.401 e. The van der Waals surface area contributed by atoms with Gasteiger partial charge >= 0.3 is 6.18 Å². The number of benzene rings is 1. The van der Waals surface area contributed by atoms with Crippen molar-refractivity contribution in [2.45, 2.75) is 24.5 Å². The van der Waals surface area contributed by atoms with Crippen LogP contribution in [0.25, 0.3) is 10.9 Å². The summed E-state index contributed by atoms with van der Waals surface area (Å²) in [7, 11) is -3.36. The van der Waals surface area contributed by atoms with Crippen LogP contribution in [0.5, 0.6) is 0 Å². The molecule has 0 aliphatic rings. The fraction of sp³-hybridized carbons (Fsp3) is 0.385. The summed E-state index contributed by atoms with van der Waals surface area (Å²) in [5.41, 5.74) is 2.05. The Kier molecular flexibility index (Phi) is 4.03. The number of aromatic nitrogens is 1. The Morgan fingerprint density at radius 1 is 1.29 bits per heavy atom. The first-order valence-corrected chi connectivity index (χ1v) is 8.06. The van der Waals surface area contributed by atoms with Crippen LogP contribution >= 0.6 is 0 Å². The molecule has 0 saturated heterocycles. The number of aryl methyl sites for hydroxylation is 1. The van der Waals surface area contributed by atoms with Gasteiger partial charge in [-0.15, -0.1) is 0 Å². The molecule has 0 spiro atoms. The molecular weight excluding hydrogens is 305 g/mol. The lowest BCUT2D eigenvalue weighted by molar-refractivity contribution is -0.125. The highest BCUT2D eigenvalue weighted by molar-refractivity contribution is 7.90. The monoisotopic (exact) mass is 320 g/mol. The summed E-state index contributed by atoms with van der Waals surface area (Å²) in [6.07, 6.45) is -3.19. The zero-order chi connectivity index (χ0) is 15.8. The maximum atomic E-state index is 12.2. The fourth-order valence-corrected chi connectivity index (χ4v) is 2.80. The van der Waals surface area contributed by atoms with Gasteiger partial charge in [0.25, 0.3) is 0 Å². The first kappa shape index (κ1) is 15.8. The largest absolute Gasteiger partial charge is 0.401 e. The SMILES string of the molecule is Cc1[nH]c2ccc(S(C)(=O)=O)cc2c1CNCC(F)(F)F. The maximum absolute atomic E-state index is 12.2. The van der Waals surface area contributed by atoms with E-state index in [1.54, 1.807) is 13.0 Å². The van der Waals surface area contributed by atoms with Crippen molar-refractivity contribution in [3.63, 3.8) is 0 Å². The number of H-pyrrole nitrogens is 1. The number of nitrogens with one attached hydrogen (secondary N) is 2. The molecule has 2 N–H and O–H groups in total. The third-order valence-electron chi connectivity index (χ3n) is 3.15. The minimum absolute atomic E-state index is 0.0125. The van der Waals surface area contributed by atoms with Gasteiger partial charge in [0.15, 0.2) is 9.84 Å². The zero-order valence-electron chi connectivity index (χ0n) is 11.5. The second-order valence-corrected chi connectivity index (χ2v) is 6.94. The molecule has 0 unspecified atom stereocenters. The van der Waals surface area contributed by atoms with E-state index in [0.717, 1.165) is 6.26 Å². The van der Waals surface area contributed by atoms with Crippen LogP contribution in [-0.2, 0) is 16.4 Å². The minimum Gasteiger partial charge on any atom is -0.358 e. The van der Waals surface area contributed by atoms with Gasteiger partial charge in [-0.25, -0.2) is 8.42 Å². The van der Waals surface area contributed by atoms with E-state index in [2.05, 4.69) is 10.3 Å². The van der Waals surface area contributed by atoms with Crippen molar-refractivity contribution in [1.29, 1.82) is 0 Å². The van der Waals surface area contributed by atoms with Crippen molar-refractivity contribution in [3.8, 4) is 0 Å². The van der Waals surface area contributed by atoms with Crippen molar-refractivity contribution in [1.82, 2.24) is 10.3 Å². The number of hydrogen-bond donors (Lipinski definition) is 2. The average molecular weight is 320 g/mol. The molecule has 1 heterocycles. The Balaban J connectivity index is 2.36. The Bertz CT molecular complexity index is 764. The first-order chi connectivity index (χ1) is 9.58. The molecule has 1 aromatic carbocycles. The number of sulfone groups is 1. The molecule has 0 aliphatic carbocycles. The molecule has 8 heteroatoms. The second-order valence-electron chi connectivity index (χ2n) is 4.93. The molecule has 21 heavy (non-hydrogen) atoms. The summed E-state index contributed by atoms with van der Waals surface area (Å²) in [5.74, 6) is 0. The summed E-state index contributed by atoms with van der Waals surface area (Å²) in [5, 5.41) is 2.94. The van der Waals surface area contributed by atoms with Gasteiger partial charge < -0.3 is 10.3 Å². The number of halogens is 3. The summed E-state index contributed by atoms with van der Waals surface area (Å²) in [6.45, 7) is 0.661. The lowest BCUT2D eigenvalue weighted by atomic mass is 10.1. The summed E-state index contributed by atoms with van der Waals surface area (Å²) in [6, 6.07) is 4.57. The van der Waals surface area contributed by atoms with E-state index in [0.29, 0.717) is 22.2 Å². The number of aromatic amines is 1. The Morgan fingerprint density at radius 3 is 2.52 bits per heavy atom. The van der Waals surface area contributed by atoms with E-state index >= 15 is 0 Å². The fourth-order valence-electron chi connectivity index (χ4n) is 2.15. The molecule has 0 atom stereocenters. The van der Waals surface area contributed by atoms with E-state index in [-0.39, 0.29) is 11.4 Å². The highest BCUT2D eigenvalue weighted by Crippen LogP contribution is 2.25. The van der Waals surface area contributed by atoms with Gasteiger partial charge in [0.2, 0.25) is 0 Å². The molecule has 0 bridgehead atoms. The summed E-state index contributed by atoms with van der Waals surface area (Å²) >= 11 is 0. The van der Waals surface area contributed by atoms with Gasteiger partial charge in [-0.05, 0) is 30.7 Å². The Hall–Kier alpha value is -1.54. The van der Waals surface area contributed by atoms with Crippen molar-refractivity contribution < 1.29 is 21.6 Å². The van der Waals surface area contributed by atoms with Gasteiger partial charge in [0, 0.05) is 29.4 Å². The zero-order valence-corrected chi connectivity index (χ0v) is 12.3. The first-order valence-electron chi connectivity index (χ1n) is 6.16. The average Bonchev–Trinajstić information content (AvgIpc) is 2.62. The standard InChI is InChI=1S/C13H15F3N2O2S/c1-8-11(6-17-7-13(14,15)16)10-5-9(21(2,19)20)3-4-12(10)18-8/h3-5,17-18H,6-7H2,1-2H3. The number of rotatable bonds is 4. The van der Waals surface area contributed by atoms with Crippen LogP contribution < -0.4 is 5.32 Å². The molecule has 2 aromatic rings. The third kappa shape index (κ3) is 3.76. The normalized spacial score (nSPS) is 13.0. The van der Waals surface area contributed by atoms with Crippen LogP contribution in [0.15, 0.2) is 23.1 Å². The van der Waals surface area contributed by atoms with Gasteiger partial charge in [-0.1, -0.05) is 0 Å². The molecule has 2 rings (SSSR count). The number of alkyl halides is 3. The van der Waals surface area contributed by atoms with Crippen LogP contribution in [0.4, 0.5) is 13.2 Å². The van der Waals surface area contributed by atoms with E-state index in [4.69, 9.17) is 0 Å². The third-order valence-corrected chi connectivity index (χ3v) is 4.26. The molecule has 0 saturated carbocycles. The smallest absolute Gasteiger partial charge is 0.358 e. The molecule has 0 fully saturated rings. The lowest BCUT2D eigenvalue weighted by Crippen LogP contribution is -2.28. The van der Waals surface area contributed by atoms with Crippen molar-refractivity contribution in [2.75, 3.05) is 12.8 Å². The van der Waals surface area contributed by atoms with Crippen LogP contribution in [0.1, 0.15) is 11.3 Å². The molecule has 0 amide bonds. The highest BCUT2D eigenvalue weighted by atomic mass is 32.2. The molecular formula is C13H15F3N2O2S. The predicted molar refractivity (Wildman–Crippen MR) is 73.9 cm³/mol. The highest BCUT2D eigenvalue weighted by Gasteiger charge is 2.26.